The first-order chi connectivity index (χ1) is 5.75. The fourth-order valence-corrected chi connectivity index (χ4v) is 0.806. The van der Waals surface area contributed by atoms with E-state index >= 15 is 0 Å². The van der Waals surface area contributed by atoms with Gasteiger partial charge in [0.15, 0.2) is 5.82 Å². The molecular formula is C7H7ClN4. The summed E-state index contributed by atoms with van der Waals surface area (Å²) >= 11 is 5.75. The summed E-state index contributed by atoms with van der Waals surface area (Å²) in [5.74, 6) is 3.09. The molecular weight excluding hydrogens is 176 g/mol. The fourth-order valence-electron chi connectivity index (χ4n) is 0.641. The third-order valence-corrected chi connectivity index (χ3v) is 1.55. The van der Waals surface area contributed by atoms with Gasteiger partial charge in [0, 0.05) is 0 Å². The van der Waals surface area contributed by atoms with Gasteiger partial charge in [0.05, 0.1) is 6.54 Å². The summed E-state index contributed by atoms with van der Waals surface area (Å²) in [6.45, 7) is 0.357. The number of aromatic nitrogens is 2. The van der Waals surface area contributed by atoms with E-state index in [1.54, 1.807) is 0 Å². The molecule has 0 aliphatic carbocycles. The number of nitrogens with one attached hydrogen (secondary N) is 1. The normalized spacial score (nSPS) is 9.00. The minimum absolute atomic E-state index is 0.242. The van der Waals surface area contributed by atoms with E-state index in [-0.39, 0.29) is 5.82 Å². The van der Waals surface area contributed by atoms with E-state index in [2.05, 4.69) is 21.2 Å². The van der Waals surface area contributed by atoms with Crippen LogP contribution in [0.1, 0.15) is 0 Å². The molecule has 3 N–H and O–H groups in total. The Morgan fingerprint density at radius 2 is 2.42 bits per heavy atom. The second-order valence-corrected chi connectivity index (χ2v) is 2.36. The molecule has 5 heteroatoms. The van der Waals surface area contributed by atoms with Crippen molar-refractivity contribution >= 4 is 23.2 Å². The molecule has 0 unspecified atom stereocenters. The molecule has 0 fully saturated rings. The number of anilines is 2. The van der Waals surface area contributed by atoms with Gasteiger partial charge in [0.25, 0.3) is 0 Å². The van der Waals surface area contributed by atoms with Gasteiger partial charge < -0.3 is 11.1 Å². The van der Waals surface area contributed by atoms with E-state index in [1.807, 2.05) is 0 Å². The predicted molar refractivity (Wildman–Crippen MR) is 48.8 cm³/mol. The quantitative estimate of drug-likeness (QED) is 0.663. The van der Waals surface area contributed by atoms with E-state index < -0.39 is 0 Å². The smallest absolute Gasteiger partial charge is 0.151 e. The van der Waals surface area contributed by atoms with Crippen molar-refractivity contribution in [3.8, 4) is 12.3 Å². The summed E-state index contributed by atoms with van der Waals surface area (Å²) in [7, 11) is 0. The van der Waals surface area contributed by atoms with Crippen LogP contribution in [0.5, 0.6) is 0 Å². The zero-order chi connectivity index (χ0) is 8.97. The van der Waals surface area contributed by atoms with Crippen molar-refractivity contribution in [2.24, 2.45) is 0 Å². The van der Waals surface area contributed by atoms with Gasteiger partial charge in [-0.1, -0.05) is 17.5 Å². The maximum absolute atomic E-state index is 5.75. The van der Waals surface area contributed by atoms with Crippen LogP contribution in [-0.4, -0.2) is 16.5 Å². The molecule has 0 atom stereocenters. The van der Waals surface area contributed by atoms with Crippen LogP contribution in [0.2, 0.25) is 5.02 Å². The Bertz CT molecular complexity index is 318. The maximum Gasteiger partial charge on any atom is 0.151 e. The third kappa shape index (κ3) is 1.77. The summed E-state index contributed by atoms with van der Waals surface area (Å²) < 4.78 is 0. The number of nitrogen functional groups attached to an aromatic ring is 1. The second-order valence-electron chi connectivity index (χ2n) is 1.98. The number of rotatable bonds is 2. The predicted octanol–water partition coefficient (Wildman–Crippen LogP) is 0.757. The van der Waals surface area contributed by atoms with E-state index in [4.69, 9.17) is 23.8 Å². The molecule has 1 aromatic rings. The zero-order valence-corrected chi connectivity index (χ0v) is 6.97. The minimum atomic E-state index is 0.242. The molecule has 0 aliphatic heterocycles. The van der Waals surface area contributed by atoms with Crippen molar-refractivity contribution in [2.45, 2.75) is 0 Å². The molecule has 1 aromatic heterocycles. The molecule has 0 saturated carbocycles. The average Bonchev–Trinajstić information content (AvgIpc) is 2.08. The first-order valence-corrected chi connectivity index (χ1v) is 3.57. The SMILES string of the molecule is C#CCNc1ncnc(N)c1Cl. The van der Waals surface area contributed by atoms with Crippen LogP contribution in [0, 0.1) is 12.3 Å². The van der Waals surface area contributed by atoms with Gasteiger partial charge in [-0.25, -0.2) is 9.97 Å². The highest BCUT2D eigenvalue weighted by Crippen LogP contribution is 2.22. The number of terminal acetylenes is 1. The first-order valence-electron chi connectivity index (χ1n) is 3.19. The fraction of sp³-hybridized carbons (Fsp3) is 0.143. The molecule has 0 amide bonds. The van der Waals surface area contributed by atoms with E-state index in [0.717, 1.165) is 0 Å². The summed E-state index contributed by atoms with van der Waals surface area (Å²) in [6, 6.07) is 0. The lowest BCUT2D eigenvalue weighted by Crippen LogP contribution is -2.03. The molecule has 0 bridgehead atoms. The van der Waals surface area contributed by atoms with Crippen LogP contribution in [0.15, 0.2) is 6.33 Å². The first kappa shape index (κ1) is 8.62. The average molecular weight is 183 g/mol. The van der Waals surface area contributed by atoms with Crippen LogP contribution in [0.4, 0.5) is 11.6 Å². The molecule has 62 valence electrons. The van der Waals surface area contributed by atoms with Crippen LogP contribution >= 0.6 is 11.6 Å². The molecule has 12 heavy (non-hydrogen) atoms. The zero-order valence-electron chi connectivity index (χ0n) is 6.21. The van der Waals surface area contributed by atoms with Crippen LogP contribution < -0.4 is 11.1 Å². The Balaban J connectivity index is 2.86. The molecule has 0 aromatic carbocycles. The highest BCUT2D eigenvalue weighted by molar-refractivity contribution is 6.35. The standard InChI is InChI=1S/C7H7ClN4/c1-2-3-10-7-5(8)6(9)11-4-12-7/h1,4H,3H2,(H3,9,10,11,12). The van der Waals surface area contributed by atoms with Crippen molar-refractivity contribution in [1.82, 2.24) is 9.97 Å². The molecule has 1 heterocycles. The van der Waals surface area contributed by atoms with Gasteiger partial charge in [-0.2, -0.15) is 0 Å². The number of nitrogens with two attached hydrogens (primary N) is 1. The van der Waals surface area contributed by atoms with Crippen molar-refractivity contribution < 1.29 is 0 Å². The van der Waals surface area contributed by atoms with Crippen LogP contribution in [-0.2, 0) is 0 Å². The molecule has 4 nitrogen and oxygen atoms in total. The third-order valence-electron chi connectivity index (χ3n) is 1.17. The number of halogens is 1. The topological polar surface area (TPSA) is 63.8 Å². The minimum Gasteiger partial charge on any atom is -0.382 e. The lowest BCUT2D eigenvalue weighted by molar-refractivity contribution is 1.15. The number of hydrogen-bond acceptors (Lipinski definition) is 4. The van der Waals surface area contributed by atoms with Crippen LogP contribution in [0.3, 0.4) is 0 Å². The highest BCUT2D eigenvalue weighted by Gasteiger charge is 2.03. The van der Waals surface area contributed by atoms with Crippen LogP contribution in [0.25, 0.3) is 0 Å². The van der Waals surface area contributed by atoms with E-state index in [0.29, 0.717) is 17.4 Å². The van der Waals surface area contributed by atoms with Crippen molar-refractivity contribution in [3.63, 3.8) is 0 Å². The van der Waals surface area contributed by atoms with Gasteiger partial charge in [0.1, 0.15) is 17.2 Å². The Kier molecular flexibility index (Phi) is 2.72. The maximum atomic E-state index is 5.75. The highest BCUT2D eigenvalue weighted by atomic mass is 35.5. The van der Waals surface area contributed by atoms with Gasteiger partial charge in [-0.3, -0.25) is 0 Å². The molecule has 0 radical (unpaired) electrons. The summed E-state index contributed by atoms with van der Waals surface area (Å²) in [5, 5.41) is 3.10. The molecule has 0 spiro atoms. The summed E-state index contributed by atoms with van der Waals surface area (Å²) in [6.07, 6.45) is 6.35. The Morgan fingerprint density at radius 1 is 1.67 bits per heavy atom. The summed E-state index contributed by atoms with van der Waals surface area (Å²) in [5.41, 5.74) is 5.42. The molecule has 1 rings (SSSR count). The van der Waals surface area contributed by atoms with Crippen molar-refractivity contribution in [2.75, 3.05) is 17.6 Å². The largest absolute Gasteiger partial charge is 0.382 e. The van der Waals surface area contributed by atoms with E-state index in [1.165, 1.54) is 6.33 Å². The second kappa shape index (κ2) is 3.79. The molecule has 0 aliphatic rings. The molecule has 0 saturated heterocycles. The lowest BCUT2D eigenvalue weighted by Gasteiger charge is -2.03. The Morgan fingerprint density at radius 3 is 3.08 bits per heavy atom. The van der Waals surface area contributed by atoms with Gasteiger partial charge in [0.2, 0.25) is 0 Å². The monoisotopic (exact) mass is 182 g/mol. The lowest BCUT2D eigenvalue weighted by atomic mass is 10.5. The van der Waals surface area contributed by atoms with E-state index in [9.17, 15) is 0 Å². The summed E-state index contributed by atoms with van der Waals surface area (Å²) in [4.78, 5) is 7.54. The van der Waals surface area contributed by atoms with Crippen molar-refractivity contribution in [3.05, 3.63) is 11.3 Å². The van der Waals surface area contributed by atoms with Gasteiger partial charge in [-0.15, -0.1) is 6.42 Å². The Labute approximate surface area is 75.2 Å². The van der Waals surface area contributed by atoms with Gasteiger partial charge in [-0.05, 0) is 0 Å². The van der Waals surface area contributed by atoms with Crippen molar-refractivity contribution in [1.29, 1.82) is 0 Å². The number of nitrogens with zero attached hydrogens (tertiary/aromatic N) is 2. The number of hydrogen-bond donors (Lipinski definition) is 2. The Hall–Kier alpha value is -1.47. The van der Waals surface area contributed by atoms with Gasteiger partial charge >= 0.3 is 0 Å².